The van der Waals surface area contributed by atoms with E-state index in [2.05, 4.69) is 10.6 Å². The van der Waals surface area contributed by atoms with E-state index < -0.39 is 5.91 Å². The fourth-order valence-corrected chi connectivity index (χ4v) is 3.72. The molecule has 0 bridgehead atoms. The van der Waals surface area contributed by atoms with E-state index in [1.165, 1.54) is 23.1 Å². The Morgan fingerprint density at radius 2 is 1.33 bits per heavy atom. The Balaban J connectivity index is 1.29. The highest BCUT2D eigenvalue weighted by Crippen LogP contribution is 2.25. The fourth-order valence-electron chi connectivity index (χ4n) is 3.72. The van der Waals surface area contributed by atoms with Crippen molar-refractivity contribution in [3.63, 3.8) is 0 Å². The molecule has 0 saturated carbocycles. The van der Waals surface area contributed by atoms with Crippen molar-refractivity contribution in [1.82, 2.24) is 20.1 Å². The first-order valence-corrected chi connectivity index (χ1v) is 10.7. The van der Waals surface area contributed by atoms with Gasteiger partial charge in [-0.05, 0) is 68.4 Å². The summed E-state index contributed by atoms with van der Waals surface area (Å²) in [4.78, 5) is 50.9. The average molecular weight is 444 g/mol. The molecule has 4 rings (SSSR count). The first-order valence-electron chi connectivity index (χ1n) is 10.7. The molecular weight excluding hydrogens is 420 g/mol. The van der Waals surface area contributed by atoms with Crippen molar-refractivity contribution in [3.8, 4) is 5.69 Å². The Kier molecular flexibility index (Phi) is 6.08. The summed E-state index contributed by atoms with van der Waals surface area (Å²) in [5.74, 6) is -1.36. The highest BCUT2D eigenvalue weighted by Gasteiger charge is 2.37. The number of aromatic nitrogens is 1. The molecule has 8 heteroatoms. The first kappa shape index (κ1) is 22.0. The van der Waals surface area contributed by atoms with Crippen LogP contribution >= 0.6 is 0 Å². The van der Waals surface area contributed by atoms with Gasteiger partial charge in [-0.1, -0.05) is 0 Å². The van der Waals surface area contributed by atoms with Crippen molar-refractivity contribution < 1.29 is 19.2 Å². The van der Waals surface area contributed by atoms with E-state index in [-0.39, 0.29) is 48.0 Å². The van der Waals surface area contributed by atoms with Crippen LogP contribution in [0, 0.1) is 0 Å². The van der Waals surface area contributed by atoms with E-state index in [1.807, 2.05) is 41.2 Å². The van der Waals surface area contributed by atoms with Gasteiger partial charge in [-0.15, -0.1) is 0 Å². The van der Waals surface area contributed by atoms with Gasteiger partial charge in [-0.2, -0.15) is 0 Å². The number of imide groups is 1. The molecule has 0 aliphatic carbocycles. The zero-order valence-corrected chi connectivity index (χ0v) is 18.4. The Morgan fingerprint density at radius 1 is 0.788 bits per heavy atom. The molecule has 0 saturated heterocycles. The summed E-state index contributed by atoms with van der Waals surface area (Å²) in [5.41, 5.74) is 2.30. The normalized spacial score (nSPS) is 12.8. The maximum atomic E-state index is 12.5. The van der Waals surface area contributed by atoms with E-state index in [0.29, 0.717) is 11.1 Å². The molecule has 2 aromatic carbocycles. The molecular formula is C25H24N4O4. The van der Waals surface area contributed by atoms with Crippen LogP contribution in [0.2, 0.25) is 0 Å². The maximum Gasteiger partial charge on any atom is 0.261 e. The zero-order valence-electron chi connectivity index (χ0n) is 18.4. The summed E-state index contributed by atoms with van der Waals surface area (Å²) in [7, 11) is 0. The number of benzene rings is 2. The Hall–Kier alpha value is -4.20. The van der Waals surface area contributed by atoms with Crippen LogP contribution < -0.4 is 10.6 Å². The van der Waals surface area contributed by atoms with Crippen LogP contribution in [0.5, 0.6) is 0 Å². The molecule has 0 fully saturated rings. The molecule has 8 nitrogen and oxygen atoms in total. The standard InChI is InChI=1S/C25H24N4O4/c1-16(2)29-24(32)20-10-7-18(15-21(20)25(29)33)23(31)27-12-11-26-22(30)17-5-8-19(9-6-17)28-13-3-4-14-28/h3-10,13-16H,11-12H2,1-2H3,(H,26,30)(H,27,31). The Morgan fingerprint density at radius 3 is 1.94 bits per heavy atom. The second kappa shape index (κ2) is 9.12. The van der Waals surface area contributed by atoms with Crippen LogP contribution in [0.4, 0.5) is 0 Å². The topological polar surface area (TPSA) is 101 Å². The minimum absolute atomic E-state index is 0.216. The summed E-state index contributed by atoms with van der Waals surface area (Å²) in [6, 6.07) is 15.3. The van der Waals surface area contributed by atoms with Crippen LogP contribution in [0.15, 0.2) is 67.0 Å². The van der Waals surface area contributed by atoms with Crippen molar-refractivity contribution in [2.24, 2.45) is 0 Å². The lowest BCUT2D eigenvalue weighted by Crippen LogP contribution is -2.36. The fraction of sp³-hybridized carbons (Fsp3) is 0.200. The van der Waals surface area contributed by atoms with Gasteiger partial charge in [-0.3, -0.25) is 24.1 Å². The van der Waals surface area contributed by atoms with Crippen molar-refractivity contribution in [1.29, 1.82) is 0 Å². The summed E-state index contributed by atoms with van der Waals surface area (Å²) in [6.45, 7) is 3.99. The van der Waals surface area contributed by atoms with Crippen molar-refractivity contribution in [2.45, 2.75) is 19.9 Å². The smallest absolute Gasteiger partial charge is 0.261 e. The predicted octanol–water partition coefficient (Wildman–Crippen LogP) is 2.64. The molecule has 0 atom stereocenters. The Labute approximate surface area is 191 Å². The number of hydrogen-bond acceptors (Lipinski definition) is 4. The number of carbonyl (C=O) groups is 4. The van der Waals surface area contributed by atoms with Crippen molar-refractivity contribution in [3.05, 3.63) is 89.2 Å². The molecule has 168 valence electrons. The zero-order chi connectivity index (χ0) is 23.5. The summed E-state index contributed by atoms with van der Waals surface area (Å²) in [5, 5.41) is 5.48. The quantitative estimate of drug-likeness (QED) is 0.432. The summed E-state index contributed by atoms with van der Waals surface area (Å²) < 4.78 is 1.94. The van der Waals surface area contributed by atoms with Crippen molar-refractivity contribution in [2.75, 3.05) is 13.1 Å². The van der Waals surface area contributed by atoms with Gasteiger partial charge in [0.05, 0.1) is 11.1 Å². The Bertz CT molecular complexity index is 1210. The van der Waals surface area contributed by atoms with Crippen LogP contribution in [-0.2, 0) is 0 Å². The molecule has 3 aromatic rings. The van der Waals surface area contributed by atoms with Gasteiger partial charge in [0.25, 0.3) is 23.6 Å². The monoisotopic (exact) mass is 444 g/mol. The summed E-state index contributed by atoms with van der Waals surface area (Å²) in [6.07, 6.45) is 3.85. The number of carbonyl (C=O) groups excluding carboxylic acids is 4. The number of rotatable bonds is 7. The molecule has 1 aliphatic heterocycles. The lowest BCUT2D eigenvalue weighted by Gasteiger charge is -2.17. The second-order valence-corrected chi connectivity index (χ2v) is 7.98. The number of fused-ring (bicyclic) bond motifs is 1. The molecule has 2 N–H and O–H groups in total. The molecule has 0 radical (unpaired) electrons. The van der Waals surface area contributed by atoms with E-state index >= 15 is 0 Å². The molecule has 0 spiro atoms. The number of amides is 4. The second-order valence-electron chi connectivity index (χ2n) is 7.98. The van der Waals surface area contributed by atoms with E-state index in [0.717, 1.165) is 5.69 Å². The molecule has 1 aliphatic rings. The molecule has 4 amide bonds. The third kappa shape index (κ3) is 4.41. The maximum absolute atomic E-state index is 12.5. The average Bonchev–Trinajstić information content (AvgIpc) is 3.43. The van der Waals surface area contributed by atoms with Gasteiger partial charge >= 0.3 is 0 Å². The minimum atomic E-state index is -0.394. The van der Waals surface area contributed by atoms with E-state index in [9.17, 15) is 19.2 Å². The minimum Gasteiger partial charge on any atom is -0.350 e. The van der Waals surface area contributed by atoms with Crippen LogP contribution in [0.3, 0.4) is 0 Å². The van der Waals surface area contributed by atoms with Crippen LogP contribution in [0.25, 0.3) is 5.69 Å². The third-order valence-electron chi connectivity index (χ3n) is 5.42. The van der Waals surface area contributed by atoms with Crippen LogP contribution in [-0.4, -0.2) is 52.2 Å². The van der Waals surface area contributed by atoms with E-state index in [1.54, 1.807) is 26.0 Å². The number of hydrogen-bond donors (Lipinski definition) is 2. The summed E-state index contributed by atoms with van der Waals surface area (Å²) >= 11 is 0. The van der Waals surface area contributed by atoms with Crippen LogP contribution in [0.1, 0.15) is 55.3 Å². The predicted molar refractivity (Wildman–Crippen MR) is 123 cm³/mol. The van der Waals surface area contributed by atoms with Gasteiger partial charge in [0.15, 0.2) is 0 Å². The van der Waals surface area contributed by atoms with Gasteiger partial charge in [-0.25, -0.2) is 0 Å². The molecule has 33 heavy (non-hydrogen) atoms. The largest absolute Gasteiger partial charge is 0.350 e. The number of nitrogens with zero attached hydrogens (tertiary/aromatic N) is 2. The lowest BCUT2D eigenvalue weighted by atomic mass is 10.1. The van der Waals surface area contributed by atoms with E-state index in [4.69, 9.17) is 0 Å². The highest BCUT2D eigenvalue weighted by atomic mass is 16.2. The highest BCUT2D eigenvalue weighted by molar-refractivity contribution is 6.22. The van der Waals surface area contributed by atoms with Gasteiger partial charge in [0.1, 0.15) is 0 Å². The third-order valence-corrected chi connectivity index (χ3v) is 5.42. The first-order chi connectivity index (χ1) is 15.9. The SMILES string of the molecule is CC(C)N1C(=O)c2ccc(C(=O)NCCNC(=O)c3ccc(-n4cccc4)cc3)cc2C1=O. The molecule has 2 heterocycles. The van der Waals surface area contributed by atoms with Gasteiger partial charge < -0.3 is 15.2 Å². The molecule has 0 unspecified atom stereocenters. The van der Waals surface area contributed by atoms with Crippen molar-refractivity contribution >= 4 is 23.6 Å². The lowest BCUT2D eigenvalue weighted by molar-refractivity contribution is 0.0608. The van der Waals surface area contributed by atoms with Gasteiger partial charge in [0.2, 0.25) is 0 Å². The molecule has 1 aromatic heterocycles. The number of nitrogens with one attached hydrogen (secondary N) is 2. The van der Waals surface area contributed by atoms with Gasteiger partial charge in [0, 0.05) is 48.3 Å².